The molecule has 5 heteroatoms. The van der Waals surface area contributed by atoms with E-state index in [1.807, 2.05) is 16.7 Å². The molecular weight excluding hydrogens is 398 g/mol. The van der Waals surface area contributed by atoms with E-state index >= 15 is 0 Å². The Morgan fingerprint density at radius 1 is 1.00 bits per heavy atom. The van der Waals surface area contributed by atoms with Gasteiger partial charge in [-0.2, -0.15) is 0 Å². The third-order valence-corrected chi connectivity index (χ3v) is 5.14. The lowest BCUT2D eigenvalue weighted by Gasteiger charge is -2.19. The molecule has 2 aromatic carbocycles. The first kappa shape index (κ1) is 16.6. The summed E-state index contributed by atoms with van der Waals surface area (Å²) in [5, 5.41) is 1.46. The van der Waals surface area contributed by atoms with Gasteiger partial charge in [0.1, 0.15) is 5.52 Å². The number of fused-ring (bicyclic) bond motifs is 3. The average Bonchev–Trinajstić information content (AvgIpc) is 2.90. The Bertz CT molecular complexity index is 1090. The van der Waals surface area contributed by atoms with E-state index in [-0.39, 0.29) is 5.41 Å². The lowest BCUT2D eigenvalue weighted by atomic mass is 9.87. The molecule has 2 heterocycles. The SMILES string of the molecule is CC(C)(C)c1ccc(-n2c(Cl)nc3cnc4ccc(Br)cc4c32)cc1. The van der Waals surface area contributed by atoms with Gasteiger partial charge in [0.15, 0.2) is 0 Å². The van der Waals surface area contributed by atoms with Gasteiger partial charge in [-0.1, -0.05) is 48.8 Å². The highest BCUT2D eigenvalue weighted by molar-refractivity contribution is 9.10. The van der Waals surface area contributed by atoms with Crippen molar-refractivity contribution in [1.29, 1.82) is 0 Å². The fourth-order valence-corrected chi connectivity index (χ4v) is 3.68. The van der Waals surface area contributed by atoms with Crippen LogP contribution in [0, 0.1) is 0 Å². The van der Waals surface area contributed by atoms with Crippen LogP contribution in [0.15, 0.2) is 53.1 Å². The summed E-state index contributed by atoms with van der Waals surface area (Å²) >= 11 is 10.0. The van der Waals surface area contributed by atoms with Crippen molar-refractivity contribution in [2.75, 3.05) is 0 Å². The number of benzene rings is 2. The van der Waals surface area contributed by atoms with E-state index in [2.05, 4.69) is 77.0 Å². The maximum Gasteiger partial charge on any atom is 0.208 e. The highest BCUT2D eigenvalue weighted by Gasteiger charge is 2.17. The van der Waals surface area contributed by atoms with Gasteiger partial charge in [0, 0.05) is 15.5 Å². The predicted octanol–water partition coefficient (Wildman–Crippen LogP) is 6.29. The topological polar surface area (TPSA) is 30.7 Å². The molecule has 0 N–H and O–H groups in total. The number of rotatable bonds is 1. The summed E-state index contributed by atoms with van der Waals surface area (Å²) < 4.78 is 2.99. The van der Waals surface area contributed by atoms with E-state index < -0.39 is 0 Å². The van der Waals surface area contributed by atoms with Crippen LogP contribution in [-0.4, -0.2) is 14.5 Å². The molecule has 2 aromatic heterocycles. The van der Waals surface area contributed by atoms with Gasteiger partial charge in [-0.25, -0.2) is 4.98 Å². The maximum absolute atomic E-state index is 6.48. The van der Waals surface area contributed by atoms with Crippen LogP contribution in [0.3, 0.4) is 0 Å². The van der Waals surface area contributed by atoms with Gasteiger partial charge in [-0.3, -0.25) is 9.55 Å². The molecule has 4 aromatic rings. The monoisotopic (exact) mass is 413 g/mol. The Hall–Kier alpha value is -1.91. The van der Waals surface area contributed by atoms with Crippen LogP contribution < -0.4 is 0 Å². The highest BCUT2D eigenvalue weighted by Crippen LogP contribution is 2.32. The Morgan fingerprint density at radius 2 is 1.72 bits per heavy atom. The third kappa shape index (κ3) is 2.83. The third-order valence-electron chi connectivity index (χ3n) is 4.39. The maximum atomic E-state index is 6.48. The number of aromatic nitrogens is 3. The van der Waals surface area contributed by atoms with Crippen molar-refractivity contribution in [1.82, 2.24) is 14.5 Å². The van der Waals surface area contributed by atoms with E-state index in [9.17, 15) is 0 Å². The number of nitrogens with zero attached hydrogens (tertiary/aromatic N) is 3. The molecule has 0 saturated heterocycles. The lowest BCUT2D eigenvalue weighted by molar-refractivity contribution is 0.590. The fraction of sp³-hybridized carbons (Fsp3) is 0.200. The largest absolute Gasteiger partial charge is 0.282 e. The van der Waals surface area contributed by atoms with Crippen LogP contribution in [0.25, 0.3) is 27.6 Å². The van der Waals surface area contributed by atoms with Crippen molar-refractivity contribution >= 4 is 49.5 Å². The average molecular weight is 415 g/mol. The van der Waals surface area contributed by atoms with Crippen molar-refractivity contribution < 1.29 is 0 Å². The molecule has 4 rings (SSSR count). The molecule has 0 saturated carbocycles. The van der Waals surface area contributed by atoms with E-state index in [1.165, 1.54) is 5.56 Å². The number of hydrogen-bond acceptors (Lipinski definition) is 2. The molecule has 0 atom stereocenters. The quantitative estimate of drug-likeness (QED) is 0.366. The van der Waals surface area contributed by atoms with Crippen molar-refractivity contribution in [3.8, 4) is 5.69 Å². The fourth-order valence-electron chi connectivity index (χ4n) is 3.04. The summed E-state index contributed by atoms with van der Waals surface area (Å²) in [6, 6.07) is 14.5. The van der Waals surface area contributed by atoms with Gasteiger partial charge in [-0.05, 0) is 52.9 Å². The summed E-state index contributed by atoms with van der Waals surface area (Å²) in [6.07, 6.45) is 1.78. The van der Waals surface area contributed by atoms with Crippen molar-refractivity contribution in [2.45, 2.75) is 26.2 Å². The van der Waals surface area contributed by atoms with Gasteiger partial charge >= 0.3 is 0 Å². The summed E-state index contributed by atoms with van der Waals surface area (Å²) in [6.45, 7) is 6.62. The van der Waals surface area contributed by atoms with E-state index in [0.29, 0.717) is 5.28 Å². The molecule has 0 amide bonds. The van der Waals surface area contributed by atoms with Crippen LogP contribution in [0.4, 0.5) is 0 Å². The lowest BCUT2D eigenvalue weighted by Crippen LogP contribution is -2.10. The van der Waals surface area contributed by atoms with Crippen molar-refractivity contribution in [3.63, 3.8) is 0 Å². The minimum atomic E-state index is 0.112. The Morgan fingerprint density at radius 3 is 2.40 bits per heavy atom. The van der Waals surface area contributed by atoms with Gasteiger partial charge in [0.2, 0.25) is 5.28 Å². The second-order valence-corrected chi connectivity index (χ2v) is 8.42. The molecule has 0 spiro atoms. The van der Waals surface area contributed by atoms with Crippen LogP contribution >= 0.6 is 27.5 Å². The number of pyridine rings is 1. The Labute approximate surface area is 159 Å². The molecule has 0 aliphatic heterocycles. The van der Waals surface area contributed by atoms with E-state index in [0.717, 1.165) is 32.1 Å². The molecule has 0 unspecified atom stereocenters. The van der Waals surface area contributed by atoms with Crippen LogP contribution in [0.5, 0.6) is 0 Å². The smallest absolute Gasteiger partial charge is 0.208 e. The first-order valence-electron chi connectivity index (χ1n) is 8.08. The normalized spacial score (nSPS) is 12.2. The zero-order valence-corrected chi connectivity index (χ0v) is 16.6. The van der Waals surface area contributed by atoms with Gasteiger partial charge in [0.25, 0.3) is 0 Å². The van der Waals surface area contributed by atoms with Crippen molar-refractivity contribution in [3.05, 3.63) is 64.0 Å². The first-order chi connectivity index (χ1) is 11.8. The Kier molecular flexibility index (Phi) is 3.85. The van der Waals surface area contributed by atoms with Gasteiger partial charge in [0.05, 0.1) is 17.2 Å². The zero-order valence-electron chi connectivity index (χ0n) is 14.2. The summed E-state index contributed by atoms with van der Waals surface area (Å²) in [5.74, 6) is 0. The van der Waals surface area contributed by atoms with Crippen LogP contribution in [-0.2, 0) is 5.41 Å². The Balaban J connectivity index is 2.01. The molecular formula is C20H17BrClN3. The van der Waals surface area contributed by atoms with Gasteiger partial charge < -0.3 is 0 Å². The molecule has 25 heavy (non-hydrogen) atoms. The summed E-state index contributed by atoms with van der Waals surface area (Å²) in [4.78, 5) is 8.98. The molecule has 3 nitrogen and oxygen atoms in total. The molecule has 0 aliphatic carbocycles. The van der Waals surface area contributed by atoms with Crippen LogP contribution in [0.1, 0.15) is 26.3 Å². The molecule has 0 bridgehead atoms. The van der Waals surface area contributed by atoms with Crippen LogP contribution in [0.2, 0.25) is 5.28 Å². The van der Waals surface area contributed by atoms with E-state index in [1.54, 1.807) is 6.20 Å². The number of halogens is 2. The molecule has 0 fully saturated rings. The molecule has 126 valence electrons. The predicted molar refractivity (Wildman–Crippen MR) is 108 cm³/mol. The van der Waals surface area contributed by atoms with Gasteiger partial charge in [-0.15, -0.1) is 0 Å². The summed E-state index contributed by atoms with van der Waals surface area (Å²) in [5.41, 5.74) is 5.06. The summed E-state index contributed by atoms with van der Waals surface area (Å²) in [7, 11) is 0. The number of hydrogen-bond donors (Lipinski definition) is 0. The minimum Gasteiger partial charge on any atom is -0.282 e. The second kappa shape index (κ2) is 5.82. The molecule has 0 aliphatic rings. The molecule has 0 radical (unpaired) electrons. The standard InChI is InChI=1S/C20H17BrClN3/c1-20(2,3)12-4-7-14(8-5-12)25-18-15-10-13(21)6-9-16(15)23-11-17(18)24-19(25)22/h4-11H,1-3H3. The highest BCUT2D eigenvalue weighted by atomic mass is 79.9. The van der Waals surface area contributed by atoms with E-state index in [4.69, 9.17) is 11.6 Å². The second-order valence-electron chi connectivity index (χ2n) is 7.17. The van der Waals surface area contributed by atoms with Crippen molar-refractivity contribution in [2.24, 2.45) is 0 Å². The zero-order chi connectivity index (χ0) is 17.8. The number of imidazole rings is 1. The minimum absolute atomic E-state index is 0.112. The first-order valence-corrected chi connectivity index (χ1v) is 9.25.